The minimum absolute atomic E-state index is 0.689. The molecule has 0 saturated heterocycles. The van der Waals surface area contributed by atoms with Crippen molar-refractivity contribution in [3.05, 3.63) is 215 Å². The van der Waals surface area contributed by atoms with E-state index in [0.29, 0.717) is 5.92 Å². The van der Waals surface area contributed by atoms with Crippen molar-refractivity contribution in [3.8, 4) is 0 Å². The molecular formula is C81H152. The average molecular weight is 1130 g/mol. The summed E-state index contributed by atoms with van der Waals surface area (Å²) in [6.45, 7) is 80.3. The van der Waals surface area contributed by atoms with Gasteiger partial charge in [-0.2, -0.15) is 0 Å². The number of hydrogen-bond donors (Lipinski definition) is 0. The molecule has 0 saturated carbocycles. The van der Waals surface area contributed by atoms with Crippen LogP contribution in [0.15, 0.2) is 193 Å². The fourth-order valence-electron chi connectivity index (χ4n) is 5.26. The third-order valence-electron chi connectivity index (χ3n) is 9.34. The van der Waals surface area contributed by atoms with Crippen molar-refractivity contribution < 1.29 is 0 Å². The largest absolute Gasteiger partial charge is 0.103 e. The first-order chi connectivity index (χ1) is 39.1. The molecule has 0 bridgehead atoms. The highest BCUT2D eigenvalue weighted by atomic mass is 14.2. The van der Waals surface area contributed by atoms with E-state index >= 15 is 0 Å². The SMILES string of the molecule is C=CC/C=C\C(C)=C/C(=C)CC.CC.CC.CC.CC.CC.CC.CC.CC.CC.CC.CC1=C(C(C)C)CCC=C1C(C)C.CCCC.CCCC.Cc1ccccc1.Cc1ccccc1.Cc1ccccc1.Cc1ccccc1. The molecule has 0 unspecified atom stereocenters. The third kappa shape index (κ3) is 104. The normalized spacial score (nSPS) is 9.25. The molecule has 0 spiro atoms. The first-order valence-electron chi connectivity index (χ1n) is 33.2. The second kappa shape index (κ2) is 111. The van der Waals surface area contributed by atoms with Gasteiger partial charge < -0.3 is 0 Å². The highest BCUT2D eigenvalue weighted by Crippen LogP contribution is 2.33. The van der Waals surface area contributed by atoms with E-state index in [0.717, 1.165) is 18.8 Å². The van der Waals surface area contributed by atoms with Crippen molar-refractivity contribution in [3.63, 3.8) is 0 Å². The van der Waals surface area contributed by atoms with Crippen LogP contribution in [0.3, 0.4) is 0 Å². The van der Waals surface area contributed by atoms with E-state index in [9.17, 15) is 0 Å². The summed E-state index contributed by atoms with van der Waals surface area (Å²) in [4.78, 5) is 0. The van der Waals surface area contributed by atoms with E-state index in [2.05, 4.69) is 190 Å². The first kappa shape index (κ1) is 108. The number of hydrogen-bond acceptors (Lipinski definition) is 0. The summed E-state index contributed by atoms with van der Waals surface area (Å²) in [6, 6.07) is 41.0. The van der Waals surface area contributed by atoms with E-state index in [-0.39, 0.29) is 0 Å². The first-order valence-corrected chi connectivity index (χ1v) is 33.2. The highest BCUT2D eigenvalue weighted by molar-refractivity contribution is 5.38. The van der Waals surface area contributed by atoms with Gasteiger partial charge in [0.1, 0.15) is 0 Å². The van der Waals surface area contributed by atoms with Crippen molar-refractivity contribution in [2.45, 2.75) is 294 Å². The zero-order valence-corrected chi connectivity index (χ0v) is 62.2. The van der Waals surface area contributed by atoms with Gasteiger partial charge in [-0.05, 0) is 90.2 Å². The summed E-state index contributed by atoms with van der Waals surface area (Å²) in [5, 5.41) is 0. The Kier molecular flexibility index (Phi) is 148. The molecule has 4 aromatic rings. The molecule has 5 rings (SSSR count). The molecule has 4 aromatic carbocycles. The Labute approximate surface area is 517 Å². The predicted molar refractivity (Wildman–Crippen MR) is 396 cm³/mol. The fourth-order valence-corrected chi connectivity index (χ4v) is 5.26. The Morgan fingerprint density at radius 3 is 0.864 bits per heavy atom. The van der Waals surface area contributed by atoms with Gasteiger partial charge in [-0.25, -0.2) is 0 Å². The van der Waals surface area contributed by atoms with Crippen molar-refractivity contribution in [2.75, 3.05) is 0 Å². The number of aryl methyl sites for hydroxylation is 4. The van der Waals surface area contributed by atoms with Gasteiger partial charge in [0.2, 0.25) is 0 Å². The Morgan fingerprint density at radius 1 is 0.432 bits per heavy atom. The maximum absolute atomic E-state index is 3.91. The lowest BCUT2D eigenvalue weighted by molar-refractivity contribution is 0.668. The van der Waals surface area contributed by atoms with Gasteiger partial charge >= 0.3 is 0 Å². The molecule has 0 N–H and O–H groups in total. The van der Waals surface area contributed by atoms with Crippen molar-refractivity contribution in [1.29, 1.82) is 0 Å². The molecule has 0 aliphatic heterocycles. The quantitative estimate of drug-likeness (QED) is 0.116. The van der Waals surface area contributed by atoms with Crippen LogP contribution in [0.2, 0.25) is 0 Å². The lowest BCUT2D eigenvalue weighted by Gasteiger charge is -2.24. The van der Waals surface area contributed by atoms with Gasteiger partial charge in [0.15, 0.2) is 0 Å². The number of unbranched alkanes of at least 4 members (excludes halogenated alkanes) is 2. The number of rotatable bonds is 9. The van der Waals surface area contributed by atoms with E-state index in [1.54, 1.807) is 16.7 Å². The minimum Gasteiger partial charge on any atom is -0.103 e. The average Bonchev–Trinajstić information content (AvgIpc) is 3.53. The molecular weight excluding hydrogens is 973 g/mol. The molecule has 1 aliphatic carbocycles. The standard InChI is InChI=1S/C13H22.C12H18.4C7H8.2C4H10.10C2H6/c1-9(2)12-7-6-8-13(10(3)4)11(12)5;1-5-7-8-9-12(4)10-11(3)6-2;4*1-7-5-3-2-4-6-7;2*1-3-4-2;10*1-2/h7,9-10H,6,8H2,1-5H3;5,8-10H,1,3,6-7H2,2,4H3;4*2-6H,1H3;2*3-4H2,1-2H3;10*1-2H3/b;9-8-,12-10-;;;;;;;;;;;;;;;;. The van der Waals surface area contributed by atoms with Crippen LogP contribution in [0.25, 0.3) is 0 Å². The van der Waals surface area contributed by atoms with Gasteiger partial charge in [0.05, 0.1) is 0 Å². The van der Waals surface area contributed by atoms with Gasteiger partial charge in [-0.1, -0.05) is 424 Å². The molecule has 0 heteroatoms. The van der Waals surface area contributed by atoms with E-state index in [1.165, 1.54) is 71.9 Å². The molecule has 0 nitrogen and oxygen atoms in total. The number of allylic oxidation sites excluding steroid dienone is 10. The molecule has 0 heterocycles. The van der Waals surface area contributed by atoms with Crippen LogP contribution in [0, 0.1) is 39.5 Å². The second-order valence-corrected chi connectivity index (χ2v) is 16.1. The van der Waals surface area contributed by atoms with Crippen LogP contribution in [0.5, 0.6) is 0 Å². The van der Waals surface area contributed by atoms with Gasteiger partial charge in [-0.15, -0.1) is 6.58 Å². The van der Waals surface area contributed by atoms with Crippen LogP contribution in [0.4, 0.5) is 0 Å². The minimum atomic E-state index is 0.689. The Hall–Kier alpha value is -4.68. The van der Waals surface area contributed by atoms with Crippen LogP contribution in [-0.2, 0) is 0 Å². The molecule has 0 fully saturated rings. The van der Waals surface area contributed by atoms with Gasteiger partial charge in [-0.3, -0.25) is 0 Å². The molecule has 0 atom stereocenters. The number of benzene rings is 4. The zero-order valence-electron chi connectivity index (χ0n) is 62.2. The molecule has 0 aromatic heterocycles. The van der Waals surface area contributed by atoms with Crippen LogP contribution >= 0.6 is 0 Å². The fraction of sp³-hybridized carbons (Fsp3) is 0.556. The summed E-state index contributed by atoms with van der Waals surface area (Å²) in [7, 11) is 0. The summed E-state index contributed by atoms with van der Waals surface area (Å²) < 4.78 is 0. The van der Waals surface area contributed by atoms with E-state index < -0.39 is 0 Å². The third-order valence-corrected chi connectivity index (χ3v) is 9.34. The summed E-state index contributed by atoms with van der Waals surface area (Å²) in [6.07, 6.45) is 20.4. The maximum atomic E-state index is 3.91. The van der Waals surface area contributed by atoms with E-state index in [1.807, 2.05) is 217 Å². The molecule has 1 aliphatic rings. The highest BCUT2D eigenvalue weighted by Gasteiger charge is 2.16. The Morgan fingerprint density at radius 2 is 0.691 bits per heavy atom. The molecule has 81 heavy (non-hydrogen) atoms. The Bertz CT molecular complexity index is 1520. The van der Waals surface area contributed by atoms with Crippen molar-refractivity contribution >= 4 is 0 Å². The van der Waals surface area contributed by atoms with Gasteiger partial charge in [0, 0.05) is 0 Å². The molecule has 0 amide bonds. The van der Waals surface area contributed by atoms with Crippen molar-refractivity contribution in [1.82, 2.24) is 0 Å². The zero-order chi connectivity index (χ0) is 66.7. The van der Waals surface area contributed by atoms with Crippen molar-refractivity contribution in [2.24, 2.45) is 11.8 Å². The summed E-state index contributed by atoms with van der Waals surface area (Å²) in [5.74, 6) is 1.41. The van der Waals surface area contributed by atoms with Crippen LogP contribution < -0.4 is 0 Å². The van der Waals surface area contributed by atoms with Gasteiger partial charge in [0.25, 0.3) is 0 Å². The Balaban J connectivity index is -0.0000000577. The molecule has 0 radical (unpaired) electrons. The summed E-state index contributed by atoms with van der Waals surface area (Å²) >= 11 is 0. The van der Waals surface area contributed by atoms with Crippen LogP contribution in [-0.4, -0.2) is 0 Å². The lowest BCUT2D eigenvalue weighted by Crippen LogP contribution is -2.07. The predicted octanol–water partition coefficient (Wildman–Crippen LogP) is 30.2. The maximum Gasteiger partial charge on any atom is -0.0169 e. The monoisotopic (exact) mass is 1130 g/mol. The smallest absolute Gasteiger partial charge is 0.0169 e. The lowest BCUT2D eigenvalue weighted by atomic mass is 9.82. The second-order valence-electron chi connectivity index (χ2n) is 16.1. The van der Waals surface area contributed by atoms with Crippen LogP contribution in [0.1, 0.15) is 288 Å². The van der Waals surface area contributed by atoms with E-state index in [4.69, 9.17) is 0 Å². The topological polar surface area (TPSA) is 0 Å². The summed E-state index contributed by atoms with van der Waals surface area (Å²) in [5.41, 5.74) is 12.5. The molecule has 476 valence electrons.